The molecule has 0 N–H and O–H groups in total. The molecule has 0 aliphatic rings. The highest BCUT2D eigenvalue weighted by molar-refractivity contribution is 5.49. The largest absolute Gasteiger partial charge is 0.456 e. The number of aryl methyl sites for hydroxylation is 4. The third-order valence-corrected chi connectivity index (χ3v) is 2.95. The van der Waals surface area contributed by atoms with E-state index in [4.69, 9.17) is 4.74 Å². The lowest BCUT2D eigenvalue weighted by Gasteiger charge is -2.12. The van der Waals surface area contributed by atoms with E-state index in [0.29, 0.717) is 17.0 Å². The van der Waals surface area contributed by atoms with Crippen molar-refractivity contribution in [3.63, 3.8) is 0 Å². The zero-order chi connectivity index (χ0) is 14.0. The zero-order valence-corrected chi connectivity index (χ0v) is 11.6. The predicted molar refractivity (Wildman–Crippen MR) is 74.4 cm³/mol. The van der Waals surface area contributed by atoms with Crippen molar-refractivity contribution in [3.8, 4) is 17.6 Å². The molecule has 2 rings (SSSR count). The predicted octanol–water partition coefficient (Wildman–Crippen LogP) is 3.98. The Hall–Kier alpha value is -2.34. The fraction of sp³-hybridized carbons (Fsp3) is 0.250. The summed E-state index contributed by atoms with van der Waals surface area (Å²) in [7, 11) is 0. The number of pyridine rings is 1. The molecule has 0 amide bonds. The van der Waals surface area contributed by atoms with Crippen molar-refractivity contribution in [1.82, 2.24) is 4.98 Å². The van der Waals surface area contributed by atoms with Gasteiger partial charge in [-0.2, -0.15) is 5.26 Å². The van der Waals surface area contributed by atoms with Crippen LogP contribution in [0.3, 0.4) is 0 Å². The molecule has 1 aromatic carbocycles. The summed E-state index contributed by atoms with van der Waals surface area (Å²) in [5.74, 6) is 1.34. The first kappa shape index (κ1) is 13.1. The van der Waals surface area contributed by atoms with Crippen molar-refractivity contribution in [2.24, 2.45) is 0 Å². The van der Waals surface area contributed by atoms with Crippen molar-refractivity contribution >= 4 is 0 Å². The van der Waals surface area contributed by atoms with E-state index in [2.05, 4.69) is 17.1 Å². The molecule has 3 heteroatoms. The van der Waals surface area contributed by atoms with Crippen LogP contribution in [0.15, 0.2) is 24.3 Å². The number of nitrogens with zero attached hydrogens (tertiary/aromatic N) is 2. The minimum absolute atomic E-state index is 0.491. The van der Waals surface area contributed by atoms with Crippen LogP contribution >= 0.6 is 0 Å². The number of nitriles is 1. The highest BCUT2D eigenvalue weighted by Gasteiger charge is 2.11. The summed E-state index contributed by atoms with van der Waals surface area (Å²) in [6, 6.07) is 9.93. The topological polar surface area (TPSA) is 45.9 Å². The standard InChI is InChI=1S/C16H16N2O/c1-10-5-6-15(11(2)7-10)19-16-8-12(3)18-13(4)14(16)9-17/h5-8H,1-4H3. The molecule has 0 aliphatic carbocycles. The van der Waals surface area contributed by atoms with E-state index in [9.17, 15) is 5.26 Å². The Morgan fingerprint density at radius 2 is 1.79 bits per heavy atom. The monoisotopic (exact) mass is 252 g/mol. The molecule has 0 spiro atoms. The fourth-order valence-corrected chi connectivity index (χ4v) is 2.04. The van der Waals surface area contributed by atoms with E-state index in [1.165, 1.54) is 5.56 Å². The second-order valence-corrected chi connectivity index (χ2v) is 4.71. The fourth-order valence-electron chi connectivity index (χ4n) is 2.04. The number of rotatable bonds is 2. The average Bonchev–Trinajstić information content (AvgIpc) is 2.32. The first-order valence-corrected chi connectivity index (χ1v) is 6.14. The Morgan fingerprint density at radius 1 is 1.05 bits per heavy atom. The van der Waals surface area contributed by atoms with Gasteiger partial charge in [0.05, 0.1) is 5.69 Å². The second-order valence-electron chi connectivity index (χ2n) is 4.71. The first-order valence-electron chi connectivity index (χ1n) is 6.14. The van der Waals surface area contributed by atoms with Crippen LogP contribution in [-0.4, -0.2) is 4.98 Å². The summed E-state index contributed by atoms with van der Waals surface area (Å²) < 4.78 is 5.89. The van der Waals surface area contributed by atoms with Crippen molar-refractivity contribution in [2.75, 3.05) is 0 Å². The van der Waals surface area contributed by atoms with Gasteiger partial charge in [0.1, 0.15) is 23.1 Å². The summed E-state index contributed by atoms with van der Waals surface area (Å²) in [5, 5.41) is 9.21. The van der Waals surface area contributed by atoms with Gasteiger partial charge in [0.25, 0.3) is 0 Å². The van der Waals surface area contributed by atoms with E-state index in [1.54, 1.807) is 6.07 Å². The summed E-state index contributed by atoms with van der Waals surface area (Å²) in [5.41, 5.74) is 4.27. The Bertz CT molecular complexity index is 669. The Kier molecular flexibility index (Phi) is 3.52. The van der Waals surface area contributed by atoms with E-state index in [1.807, 2.05) is 39.8 Å². The second kappa shape index (κ2) is 5.11. The van der Waals surface area contributed by atoms with Crippen LogP contribution in [0.5, 0.6) is 11.5 Å². The van der Waals surface area contributed by atoms with Crippen molar-refractivity contribution < 1.29 is 4.74 Å². The summed E-state index contributed by atoms with van der Waals surface area (Å²) in [6.07, 6.45) is 0. The third-order valence-electron chi connectivity index (χ3n) is 2.95. The van der Waals surface area contributed by atoms with Crippen LogP contribution in [-0.2, 0) is 0 Å². The number of aromatic nitrogens is 1. The molecule has 0 radical (unpaired) electrons. The lowest BCUT2D eigenvalue weighted by atomic mass is 10.1. The SMILES string of the molecule is Cc1ccc(Oc2cc(C)nc(C)c2C#N)c(C)c1. The van der Waals surface area contributed by atoms with E-state index >= 15 is 0 Å². The molecule has 0 atom stereocenters. The zero-order valence-electron chi connectivity index (χ0n) is 11.6. The van der Waals surface area contributed by atoms with Gasteiger partial charge in [0.2, 0.25) is 0 Å². The van der Waals surface area contributed by atoms with Gasteiger partial charge in [0, 0.05) is 11.8 Å². The van der Waals surface area contributed by atoms with Crippen molar-refractivity contribution in [2.45, 2.75) is 27.7 Å². The lowest BCUT2D eigenvalue weighted by molar-refractivity contribution is 0.475. The van der Waals surface area contributed by atoms with Gasteiger partial charge >= 0.3 is 0 Å². The number of ether oxygens (including phenoxy) is 1. The number of benzene rings is 1. The molecule has 3 nitrogen and oxygen atoms in total. The van der Waals surface area contributed by atoms with Gasteiger partial charge in [-0.25, -0.2) is 0 Å². The van der Waals surface area contributed by atoms with Crippen LogP contribution in [0.4, 0.5) is 0 Å². The quantitative estimate of drug-likeness (QED) is 0.812. The molecule has 2 aromatic rings. The summed E-state index contributed by atoms with van der Waals surface area (Å²) >= 11 is 0. The molecule has 0 bridgehead atoms. The number of hydrogen-bond donors (Lipinski definition) is 0. The molecular weight excluding hydrogens is 236 g/mol. The van der Waals surface area contributed by atoms with Crippen molar-refractivity contribution in [3.05, 3.63) is 52.3 Å². The third kappa shape index (κ3) is 2.74. The van der Waals surface area contributed by atoms with Gasteiger partial charge in [0.15, 0.2) is 0 Å². The van der Waals surface area contributed by atoms with Gasteiger partial charge in [-0.15, -0.1) is 0 Å². The minimum Gasteiger partial charge on any atom is -0.456 e. The van der Waals surface area contributed by atoms with Crippen LogP contribution in [0.2, 0.25) is 0 Å². The lowest BCUT2D eigenvalue weighted by Crippen LogP contribution is -1.97. The Balaban J connectivity index is 2.46. The highest BCUT2D eigenvalue weighted by Crippen LogP contribution is 2.29. The van der Waals surface area contributed by atoms with Gasteiger partial charge in [-0.3, -0.25) is 4.98 Å². The molecule has 1 aromatic heterocycles. The van der Waals surface area contributed by atoms with Gasteiger partial charge in [-0.05, 0) is 39.3 Å². The van der Waals surface area contributed by atoms with Gasteiger partial charge in [-0.1, -0.05) is 17.7 Å². The van der Waals surface area contributed by atoms with Gasteiger partial charge < -0.3 is 4.74 Å². The maximum atomic E-state index is 9.21. The maximum absolute atomic E-state index is 9.21. The smallest absolute Gasteiger partial charge is 0.148 e. The molecular formula is C16H16N2O. The molecule has 19 heavy (non-hydrogen) atoms. The molecule has 0 aliphatic heterocycles. The van der Waals surface area contributed by atoms with E-state index in [-0.39, 0.29) is 0 Å². The van der Waals surface area contributed by atoms with E-state index < -0.39 is 0 Å². The molecule has 1 heterocycles. The molecule has 0 saturated heterocycles. The Morgan fingerprint density at radius 3 is 2.42 bits per heavy atom. The van der Waals surface area contributed by atoms with Crippen LogP contribution in [0, 0.1) is 39.0 Å². The van der Waals surface area contributed by atoms with Crippen LogP contribution in [0.25, 0.3) is 0 Å². The summed E-state index contributed by atoms with van der Waals surface area (Å²) in [4.78, 5) is 4.28. The molecule has 0 saturated carbocycles. The first-order chi connectivity index (χ1) is 9.01. The van der Waals surface area contributed by atoms with Crippen LogP contribution in [0.1, 0.15) is 28.1 Å². The minimum atomic E-state index is 0.491. The summed E-state index contributed by atoms with van der Waals surface area (Å²) in [6.45, 7) is 7.75. The Labute approximate surface area is 113 Å². The van der Waals surface area contributed by atoms with Crippen LogP contribution < -0.4 is 4.74 Å². The van der Waals surface area contributed by atoms with Crippen molar-refractivity contribution in [1.29, 1.82) is 5.26 Å². The average molecular weight is 252 g/mol. The van der Waals surface area contributed by atoms with E-state index in [0.717, 1.165) is 17.0 Å². The highest BCUT2D eigenvalue weighted by atomic mass is 16.5. The number of hydrogen-bond acceptors (Lipinski definition) is 3. The molecule has 0 unspecified atom stereocenters. The molecule has 96 valence electrons. The normalized spacial score (nSPS) is 10.1. The molecule has 0 fully saturated rings. The maximum Gasteiger partial charge on any atom is 0.148 e.